The Kier molecular flexibility index (Phi) is 6.37. The number of rotatable bonds is 6. The van der Waals surface area contributed by atoms with E-state index in [4.69, 9.17) is 28.2 Å². The molecule has 0 saturated carbocycles. The Balaban J connectivity index is 1.65. The second kappa shape index (κ2) is 9.35. The molecule has 3 aromatic rings. The van der Waals surface area contributed by atoms with E-state index in [0.717, 1.165) is 53.4 Å². The molecule has 0 fully saturated rings. The largest absolute Gasteiger partial charge is 0.369 e. The summed E-state index contributed by atoms with van der Waals surface area (Å²) in [5, 5.41) is 13.9. The molecule has 0 bridgehead atoms. The van der Waals surface area contributed by atoms with Gasteiger partial charge in [0.15, 0.2) is 0 Å². The Hall–Kier alpha value is -3.12. The lowest BCUT2D eigenvalue weighted by molar-refractivity contribution is 0.533. The van der Waals surface area contributed by atoms with Gasteiger partial charge in [0, 0.05) is 22.8 Å². The summed E-state index contributed by atoms with van der Waals surface area (Å²) in [6.45, 7) is 2.86. The van der Waals surface area contributed by atoms with Gasteiger partial charge in [-0.15, -0.1) is 5.10 Å². The number of aryl methyl sites for hydroxylation is 3. The number of nitrogens with zero attached hydrogens (tertiary/aromatic N) is 4. The Morgan fingerprint density at radius 2 is 1.84 bits per heavy atom. The van der Waals surface area contributed by atoms with Crippen molar-refractivity contribution in [1.29, 1.82) is 0 Å². The molecule has 7 heteroatoms. The number of hydrogen-bond acceptors (Lipinski definition) is 3. The highest BCUT2D eigenvalue weighted by molar-refractivity contribution is 6.31. The van der Waals surface area contributed by atoms with Gasteiger partial charge in [-0.2, -0.15) is 10.2 Å². The van der Waals surface area contributed by atoms with Crippen LogP contribution in [0, 0.1) is 6.92 Å². The molecule has 4 rings (SSSR count). The lowest BCUT2D eigenvalue weighted by atomic mass is 9.81. The van der Waals surface area contributed by atoms with E-state index in [0.29, 0.717) is 6.42 Å². The van der Waals surface area contributed by atoms with Crippen molar-refractivity contribution < 1.29 is 0 Å². The van der Waals surface area contributed by atoms with E-state index in [-0.39, 0.29) is 11.9 Å². The average Bonchev–Trinajstić information content (AvgIpc) is 3.08. The molecular weight excluding hydrogens is 408 g/mol. The van der Waals surface area contributed by atoms with Gasteiger partial charge in [-0.1, -0.05) is 60.1 Å². The van der Waals surface area contributed by atoms with Gasteiger partial charge in [0.2, 0.25) is 5.96 Å². The fourth-order valence-electron chi connectivity index (χ4n) is 4.35. The van der Waals surface area contributed by atoms with Crippen LogP contribution >= 0.6 is 11.6 Å². The second-order valence-corrected chi connectivity index (χ2v) is 8.32. The minimum atomic E-state index is -0.0539. The maximum Gasteiger partial charge on any atom is 0.211 e. The van der Waals surface area contributed by atoms with Crippen LogP contribution < -0.4 is 11.5 Å². The smallest absolute Gasteiger partial charge is 0.211 e. The van der Waals surface area contributed by atoms with E-state index in [2.05, 4.69) is 45.2 Å². The summed E-state index contributed by atoms with van der Waals surface area (Å²) in [5.41, 5.74) is 17.6. The summed E-state index contributed by atoms with van der Waals surface area (Å²) in [6, 6.07) is 18.5. The molecule has 0 amide bonds. The fourth-order valence-corrected chi connectivity index (χ4v) is 4.64. The molecule has 160 valence electrons. The first-order chi connectivity index (χ1) is 15.0. The highest BCUT2D eigenvalue weighted by Gasteiger charge is 2.31. The van der Waals surface area contributed by atoms with Gasteiger partial charge in [-0.3, -0.25) is 4.68 Å². The predicted molar refractivity (Wildman–Crippen MR) is 127 cm³/mol. The summed E-state index contributed by atoms with van der Waals surface area (Å²) in [6.07, 6.45) is 3.59. The van der Waals surface area contributed by atoms with Crippen molar-refractivity contribution in [2.45, 2.75) is 45.1 Å². The topological polar surface area (TPSA) is 94.6 Å². The quantitative estimate of drug-likeness (QED) is 0.346. The number of guanidine groups is 1. The second-order valence-electron chi connectivity index (χ2n) is 7.92. The molecule has 0 aliphatic heterocycles. The average molecular weight is 435 g/mol. The summed E-state index contributed by atoms with van der Waals surface area (Å²) < 4.78 is 2.13. The normalized spacial score (nSPS) is 16.8. The third kappa shape index (κ3) is 4.80. The summed E-state index contributed by atoms with van der Waals surface area (Å²) >= 11 is 6.53. The van der Waals surface area contributed by atoms with E-state index in [9.17, 15) is 0 Å². The van der Waals surface area contributed by atoms with Gasteiger partial charge in [0.1, 0.15) is 0 Å². The van der Waals surface area contributed by atoms with Crippen LogP contribution in [-0.4, -0.2) is 21.5 Å². The van der Waals surface area contributed by atoms with E-state index in [1.165, 1.54) is 11.3 Å². The van der Waals surface area contributed by atoms with Crippen molar-refractivity contribution in [3.05, 3.63) is 87.7 Å². The van der Waals surface area contributed by atoms with Gasteiger partial charge in [-0.25, -0.2) is 0 Å². The molecule has 1 unspecified atom stereocenters. The van der Waals surface area contributed by atoms with Crippen LogP contribution in [-0.2, 0) is 19.4 Å². The molecule has 2 aromatic carbocycles. The van der Waals surface area contributed by atoms with Crippen molar-refractivity contribution >= 4 is 23.3 Å². The molecule has 0 saturated heterocycles. The van der Waals surface area contributed by atoms with Gasteiger partial charge in [0.25, 0.3) is 0 Å². The molecule has 4 N–H and O–H groups in total. The van der Waals surface area contributed by atoms with E-state index >= 15 is 0 Å². The minimum Gasteiger partial charge on any atom is -0.369 e. The maximum atomic E-state index is 6.53. The van der Waals surface area contributed by atoms with Crippen molar-refractivity contribution in [1.82, 2.24) is 9.78 Å². The van der Waals surface area contributed by atoms with Gasteiger partial charge in [0.05, 0.1) is 11.4 Å². The first kappa shape index (κ1) is 21.1. The minimum absolute atomic E-state index is 0.0539. The molecule has 31 heavy (non-hydrogen) atoms. The van der Waals surface area contributed by atoms with Crippen LogP contribution in [0.25, 0.3) is 0 Å². The number of aromatic nitrogens is 2. The standard InChI is InChI=1S/C24H27ClN6/c1-16-23-21(28-29-24(26)27)14-18(19-11-5-6-12-20(19)25)15-22(23)31(30-16)13-7-10-17-8-3-2-4-9-17/h2-6,8-9,11-12,18H,7,10,13-15H2,1H3,(H4,26,27,29). The lowest BCUT2D eigenvalue weighted by Gasteiger charge is -2.25. The zero-order chi connectivity index (χ0) is 21.8. The number of benzene rings is 2. The van der Waals surface area contributed by atoms with Crippen molar-refractivity contribution in [3.8, 4) is 0 Å². The lowest BCUT2D eigenvalue weighted by Crippen LogP contribution is -2.24. The van der Waals surface area contributed by atoms with Crippen LogP contribution in [0.1, 0.15) is 46.8 Å². The SMILES string of the molecule is Cc1nn(CCCc2ccccc2)c2c1C(=NN=C(N)N)CC(c1ccccc1Cl)C2. The zero-order valence-corrected chi connectivity index (χ0v) is 18.4. The van der Waals surface area contributed by atoms with Crippen LogP contribution in [0.3, 0.4) is 0 Å². The third-order valence-electron chi connectivity index (χ3n) is 5.71. The molecule has 0 spiro atoms. The van der Waals surface area contributed by atoms with Gasteiger partial charge in [-0.05, 0) is 55.7 Å². The Bertz CT molecular complexity index is 1110. The molecular formula is C24H27ClN6. The van der Waals surface area contributed by atoms with E-state index in [1.807, 2.05) is 31.2 Å². The Morgan fingerprint density at radius 3 is 2.58 bits per heavy atom. The number of halogens is 1. The van der Waals surface area contributed by atoms with Crippen LogP contribution in [0.15, 0.2) is 64.8 Å². The molecule has 1 aliphatic rings. The first-order valence-electron chi connectivity index (χ1n) is 10.5. The number of fused-ring (bicyclic) bond motifs is 1. The molecule has 1 aromatic heterocycles. The molecule has 1 aliphatic carbocycles. The van der Waals surface area contributed by atoms with Gasteiger partial charge < -0.3 is 11.5 Å². The summed E-state index contributed by atoms with van der Waals surface area (Å²) in [5.74, 6) is 0.139. The van der Waals surface area contributed by atoms with E-state index in [1.54, 1.807) is 0 Å². The molecule has 0 radical (unpaired) electrons. The summed E-state index contributed by atoms with van der Waals surface area (Å²) in [4.78, 5) is 0. The number of nitrogens with two attached hydrogens (primary N) is 2. The Labute approximate surface area is 187 Å². The van der Waals surface area contributed by atoms with Gasteiger partial charge >= 0.3 is 0 Å². The number of hydrogen-bond donors (Lipinski definition) is 2. The fraction of sp³-hybridized carbons (Fsp3) is 0.292. The van der Waals surface area contributed by atoms with Crippen molar-refractivity contribution in [2.24, 2.45) is 21.7 Å². The van der Waals surface area contributed by atoms with Crippen LogP contribution in [0.2, 0.25) is 5.02 Å². The first-order valence-corrected chi connectivity index (χ1v) is 10.9. The third-order valence-corrected chi connectivity index (χ3v) is 6.05. The molecule has 6 nitrogen and oxygen atoms in total. The Morgan fingerprint density at radius 1 is 1.10 bits per heavy atom. The highest BCUT2D eigenvalue weighted by Crippen LogP contribution is 2.37. The maximum absolute atomic E-state index is 6.53. The zero-order valence-electron chi connectivity index (χ0n) is 17.6. The van der Waals surface area contributed by atoms with Crippen molar-refractivity contribution in [2.75, 3.05) is 0 Å². The van der Waals surface area contributed by atoms with Crippen LogP contribution in [0.5, 0.6) is 0 Å². The van der Waals surface area contributed by atoms with Crippen LogP contribution in [0.4, 0.5) is 0 Å². The molecule has 1 atom stereocenters. The predicted octanol–water partition coefficient (Wildman–Crippen LogP) is 4.19. The monoisotopic (exact) mass is 434 g/mol. The van der Waals surface area contributed by atoms with Crippen molar-refractivity contribution in [3.63, 3.8) is 0 Å². The van der Waals surface area contributed by atoms with E-state index < -0.39 is 0 Å². The summed E-state index contributed by atoms with van der Waals surface area (Å²) in [7, 11) is 0. The highest BCUT2D eigenvalue weighted by atomic mass is 35.5. The molecule has 1 heterocycles.